The molecule has 23 heavy (non-hydrogen) atoms. The first-order valence-corrected chi connectivity index (χ1v) is 9.04. The van der Waals surface area contributed by atoms with Crippen molar-refractivity contribution in [2.75, 3.05) is 18.4 Å². The monoisotopic (exact) mass is 378 g/mol. The van der Waals surface area contributed by atoms with Crippen LogP contribution in [0, 0.1) is 5.41 Å². The third-order valence-electron chi connectivity index (χ3n) is 7.49. The van der Waals surface area contributed by atoms with Gasteiger partial charge in [-0.1, -0.05) is 19.1 Å². The minimum absolute atomic E-state index is 0. The van der Waals surface area contributed by atoms with Crippen LogP contribution in [0.15, 0.2) is 18.2 Å². The Bertz CT molecular complexity index is 636. The number of hydrogen-bond donors (Lipinski definition) is 2. The van der Waals surface area contributed by atoms with E-state index in [2.05, 4.69) is 23.2 Å². The van der Waals surface area contributed by atoms with Crippen LogP contribution in [-0.2, 0) is 5.41 Å². The molecule has 1 spiro atoms. The summed E-state index contributed by atoms with van der Waals surface area (Å²) >= 11 is 0. The van der Waals surface area contributed by atoms with E-state index in [4.69, 9.17) is 0 Å². The molecule has 4 atom stereocenters. The van der Waals surface area contributed by atoms with Gasteiger partial charge in [-0.3, -0.25) is 4.90 Å². The Labute approximate surface area is 149 Å². The van der Waals surface area contributed by atoms with Gasteiger partial charge in [0.2, 0.25) is 0 Å². The summed E-state index contributed by atoms with van der Waals surface area (Å²) in [7, 11) is 0. The number of phenolic OH excluding ortho intramolecular Hbond substituents is 1. The fourth-order valence-corrected chi connectivity index (χ4v) is 6.65. The number of para-hydroxylation sites is 1. The van der Waals surface area contributed by atoms with Crippen LogP contribution in [-0.4, -0.2) is 35.2 Å². The summed E-state index contributed by atoms with van der Waals surface area (Å²) in [5, 5.41) is 14.1. The highest BCUT2D eigenvalue weighted by Crippen LogP contribution is 2.64. The molecule has 0 radical (unpaired) electrons. The molecule has 1 aromatic carbocycles. The zero-order chi connectivity index (χ0) is 14.9. The maximum atomic E-state index is 10.3. The van der Waals surface area contributed by atoms with Gasteiger partial charge in [0.1, 0.15) is 5.75 Å². The summed E-state index contributed by atoms with van der Waals surface area (Å²) in [4.78, 5) is 2.79. The summed E-state index contributed by atoms with van der Waals surface area (Å²) in [5.41, 5.74) is 3.18. The Kier molecular flexibility index (Phi) is 3.51. The highest BCUT2D eigenvalue weighted by Gasteiger charge is 2.66. The number of anilines is 1. The first-order valence-electron chi connectivity index (χ1n) is 9.04. The smallest absolute Gasteiger partial charge is 0.138 e. The molecule has 0 amide bonds. The van der Waals surface area contributed by atoms with E-state index in [1.54, 1.807) is 0 Å². The van der Waals surface area contributed by atoms with Crippen molar-refractivity contribution >= 4 is 22.7 Å². The Morgan fingerprint density at radius 1 is 1.26 bits per heavy atom. The van der Waals surface area contributed by atoms with Gasteiger partial charge < -0.3 is 10.4 Å². The lowest BCUT2D eigenvalue weighted by Gasteiger charge is -2.58. The first-order chi connectivity index (χ1) is 10.7. The van der Waals surface area contributed by atoms with E-state index < -0.39 is 0 Å². The summed E-state index contributed by atoms with van der Waals surface area (Å²) in [6, 6.07) is 7.35. The Morgan fingerprint density at radius 3 is 2.96 bits per heavy atom. The zero-order valence-electron chi connectivity index (χ0n) is 13.8. The molecule has 3 nitrogen and oxygen atoms in total. The molecule has 4 heteroatoms. The molecular weight excluding hydrogens is 352 g/mol. The van der Waals surface area contributed by atoms with E-state index in [9.17, 15) is 5.11 Å². The average molecular weight is 379 g/mol. The van der Waals surface area contributed by atoms with E-state index in [1.807, 2.05) is 12.1 Å². The van der Waals surface area contributed by atoms with Gasteiger partial charge >= 0.3 is 0 Å². The highest BCUT2D eigenvalue weighted by atomic mass is 79.9. The van der Waals surface area contributed by atoms with Crippen molar-refractivity contribution in [1.29, 1.82) is 0 Å². The molecule has 0 bridgehead atoms. The van der Waals surface area contributed by atoms with Crippen LogP contribution in [0.25, 0.3) is 0 Å². The van der Waals surface area contributed by atoms with Crippen LogP contribution < -0.4 is 5.32 Å². The number of rotatable bonds is 1. The largest absolute Gasteiger partial charge is 0.506 e. The fraction of sp³-hybridized carbons (Fsp3) is 0.684. The number of nitrogens with zero attached hydrogens (tertiary/aromatic N) is 1. The summed E-state index contributed by atoms with van der Waals surface area (Å²) < 4.78 is 0. The van der Waals surface area contributed by atoms with E-state index in [1.165, 1.54) is 57.2 Å². The van der Waals surface area contributed by atoms with Gasteiger partial charge in [-0.05, 0) is 68.7 Å². The van der Waals surface area contributed by atoms with Gasteiger partial charge in [-0.25, -0.2) is 0 Å². The van der Waals surface area contributed by atoms with Crippen molar-refractivity contribution in [3.8, 4) is 5.75 Å². The van der Waals surface area contributed by atoms with Crippen LogP contribution in [0.2, 0.25) is 0 Å². The minimum atomic E-state index is 0. The lowest BCUT2D eigenvalue weighted by Crippen LogP contribution is -2.63. The lowest BCUT2D eigenvalue weighted by molar-refractivity contribution is -0.0309. The fourth-order valence-electron chi connectivity index (χ4n) is 6.65. The second kappa shape index (κ2) is 5.13. The van der Waals surface area contributed by atoms with Crippen molar-refractivity contribution in [3.05, 3.63) is 23.8 Å². The summed E-state index contributed by atoms with van der Waals surface area (Å²) in [6.45, 7) is 4.91. The maximum Gasteiger partial charge on any atom is 0.138 e. The zero-order valence-corrected chi connectivity index (χ0v) is 15.6. The average Bonchev–Trinajstić information content (AvgIpc) is 3.10. The van der Waals surface area contributed by atoms with Gasteiger partial charge in [0.15, 0.2) is 0 Å². The molecule has 4 aliphatic rings. The molecule has 3 fully saturated rings. The second-order valence-corrected chi connectivity index (χ2v) is 7.98. The molecule has 3 heterocycles. The van der Waals surface area contributed by atoms with Gasteiger partial charge in [0.25, 0.3) is 0 Å². The number of piperidine rings is 1. The molecule has 1 aromatic rings. The van der Waals surface area contributed by atoms with E-state index in [0.717, 1.165) is 5.69 Å². The first kappa shape index (κ1) is 15.8. The minimum Gasteiger partial charge on any atom is -0.506 e. The van der Waals surface area contributed by atoms with E-state index >= 15 is 0 Å². The number of hydrogen-bond acceptors (Lipinski definition) is 3. The predicted octanol–water partition coefficient (Wildman–Crippen LogP) is 4.06. The van der Waals surface area contributed by atoms with Crippen molar-refractivity contribution < 1.29 is 5.11 Å². The van der Waals surface area contributed by atoms with Gasteiger partial charge in [0.05, 0.1) is 5.69 Å². The standard InChI is InChI=1S/C19H26N2O.BrH/c1-2-18-8-4-11-21-12-10-19(17(18)21)13-5-3-6-14(22)16(13)20-15(19)7-9-18;/h3,5-6,15,17,20,22H,2,4,7-12H2,1H3;1H/t15-,17-,18-,19-;/m1./s1. The van der Waals surface area contributed by atoms with Crippen LogP contribution in [0.4, 0.5) is 5.69 Å². The predicted molar refractivity (Wildman–Crippen MR) is 98.7 cm³/mol. The van der Waals surface area contributed by atoms with E-state index in [-0.39, 0.29) is 22.4 Å². The summed E-state index contributed by atoms with van der Waals surface area (Å²) in [5.74, 6) is 0.442. The van der Waals surface area contributed by atoms with Crippen LogP contribution in [0.3, 0.4) is 0 Å². The number of phenols is 1. The third kappa shape index (κ3) is 1.74. The number of nitrogens with one attached hydrogen (secondary N) is 1. The molecule has 126 valence electrons. The Morgan fingerprint density at radius 2 is 2.13 bits per heavy atom. The second-order valence-electron chi connectivity index (χ2n) is 7.98. The van der Waals surface area contributed by atoms with E-state index in [0.29, 0.717) is 23.2 Å². The quantitative estimate of drug-likeness (QED) is 0.723. The van der Waals surface area contributed by atoms with Gasteiger partial charge in [-0.2, -0.15) is 0 Å². The van der Waals surface area contributed by atoms with Crippen molar-refractivity contribution in [2.45, 2.75) is 62.9 Å². The molecule has 0 aromatic heterocycles. The molecule has 2 saturated heterocycles. The normalized spacial score (nSPS) is 40.6. The molecular formula is C19H27BrN2O. The molecule has 1 aliphatic carbocycles. The number of benzene rings is 1. The molecule has 5 rings (SSSR count). The van der Waals surface area contributed by atoms with Crippen molar-refractivity contribution in [3.63, 3.8) is 0 Å². The highest BCUT2D eigenvalue weighted by molar-refractivity contribution is 8.93. The van der Waals surface area contributed by atoms with Crippen LogP contribution in [0.5, 0.6) is 5.75 Å². The Hall–Kier alpha value is -0.740. The molecule has 0 unspecified atom stereocenters. The van der Waals surface area contributed by atoms with Crippen LogP contribution in [0.1, 0.15) is 51.0 Å². The topological polar surface area (TPSA) is 35.5 Å². The van der Waals surface area contributed by atoms with Crippen LogP contribution >= 0.6 is 17.0 Å². The number of halogens is 1. The Balaban J connectivity index is 0.00000135. The lowest BCUT2D eigenvalue weighted by atomic mass is 9.52. The molecule has 3 aliphatic heterocycles. The number of aromatic hydroxyl groups is 1. The van der Waals surface area contributed by atoms with Crippen molar-refractivity contribution in [1.82, 2.24) is 4.90 Å². The maximum absolute atomic E-state index is 10.3. The summed E-state index contributed by atoms with van der Waals surface area (Å²) in [6.07, 6.45) is 7.92. The third-order valence-corrected chi connectivity index (χ3v) is 7.49. The van der Waals surface area contributed by atoms with Crippen molar-refractivity contribution in [2.24, 2.45) is 5.41 Å². The molecule has 1 saturated carbocycles. The van der Waals surface area contributed by atoms with Gasteiger partial charge in [-0.15, -0.1) is 17.0 Å². The van der Waals surface area contributed by atoms with Gasteiger partial charge in [0, 0.05) is 17.5 Å². The molecule has 2 N–H and O–H groups in total. The SMILES string of the molecule is Br.CC[C@@]12CCCN3CC[C@]4(c5cccc(O)c5N[C@@H]4CC1)[C@H]32. The number of fused-ring (bicyclic) bond motifs is 1.